The maximum absolute atomic E-state index is 11.8. The summed E-state index contributed by atoms with van der Waals surface area (Å²) in [5.41, 5.74) is 2.33. The smallest absolute Gasteiger partial charge is 0.241 e. The van der Waals surface area contributed by atoms with Crippen LogP contribution in [0.25, 0.3) is 0 Å². The first-order valence-corrected chi connectivity index (χ1v) is 7.70. The standard InChI is InChI=1S/C15H22BrN3O/c1-18(2)15(20)10-19(3)14-7-4-12(16)8-11(14)9-17-13-5-6-13/h4,7-8,13,17H,5-6,9-10H2,1-3H3. The summed E-state index contributed by atoms with van der Waals surface area (Å²) in [4.78, 5) is 15.5. The van der Waals surface area contributed by atoms with Crippen LogP contribution in [0, 0.1) is 0 Å². The monoisotopic (exact) mass is 339 g/mol. The quantitative estimate of drug-likeness (QED) is 0.863. The van der Waals surface area contributed by atoms with Gasteiger partial charge >= 0.3 is 0 Å². The molecular formula is C15H22BrN3O. The lowest BCUT2D eigenvalue weighted by atomic mass is 10.1. The van der Waals surface area contributed by atoms with Gasteiger partial charge in [-0.15, -0.1) is 0 Å². The fourth-order valence-corrected chi connectivity index (χ4v) is 2.45. The zero-order valence-corrected chi connectivity index (χ0v) is 13.9. The zero-order chi connectivity index (χ0) is 14.7. The minimum atomic E-state index is 0.108. The minimum absolute atomic E-state index is 0.108. The molecule has 0 saturated heterocycles. The van der Waals surface area contributed by atoms with Gasteiger partial charge in [-0.3, -0.25) is 4.79 Å². The molecule has 1 fully saturated rings. The number of carbonyl (C=O) groups excluding carboxylic acids is 1. The van der Waals surface area contributed by atoms with Crippen LogP contribution in [0.15, 0.2) is 22.7 Å². The van der Waals surface area contributed by atoms with Crippen LogP contribution < -0.4 is 10.2 Å². The van der Waals surface area contributed by atoms with E-state index < -0.39 is 0 Å². The summed E-state index contributed by atoms with van der Waals surface area (Å²) in [5, 5.41) is 3.53. The number of amides is 1. The summed E-state index contributed by atoms with van der Waals surface area (Å²) in [6, 6.07) is 6.89. The fraction of sp³-hybridized carbons (Fsp3) is 0.533. The van der Waals surface area contributed by atoms with Gasteiger partial charge in [-0.1, -0.05) is 15.9 Å². The summed E-state index contributed by atoms with van der Waals surface area (Å²) < 4.78 is 1.07. The van der Waals surface area contributed by atoms with Crippen molar-refractivity contribution in [3.63, 3.8) is 0 Å². The third-order valence-corrected chi connectivity index (χ3v) is 3.98. The van der Waals surface area contributed by atoms with E-state index in [4.69, 9.17) is 0 Å². The predicted octanol–water partition coefficient (Wildman–Crippen LogP) is 2.23. The second kappa shape index (κ2) is 6.59. The molecule has 1 N–H and O–H groups in total. The van der Waals surface area contributed by atoms with Gasteiger partial charge in [0, 0.05) is 43.9 Å². The molecule has 20 heavy (non-hydrogen) atoms. The lowest BCUT2D eigenvalue weighted by Gasteiger charge is -2.24. The van der Waals surface area contributed by atoms with Crippen molar-refractivity contribution in [3.8, 4) is 0 Å². The summed E-state index contributed by atoms with van der Waals surface area (Å²) in [7, 11) is 5.53. The summed E-state index contributed by atoms with van der Waals surface area (Å²) in [6.07, 6.45) is 2.55. The topological polar surface area (TPSA) is 35.6 Å². The van der Waals surface area contributed by atoms with Crippen molar-refractivity contribution in [2.75, 3.05) is 32.6 Å². The van der Waals surface area contributed by atoms with Crippen LogP contribution in [-0.4, -0.2) is 44.5 Å². The maximum atomic E-state index is 11.8. The summed E-state index contributed by atoms with van der Waals surface area (Å²) in [6.45, 7) is 1.24. The third-order valence-electron chi connectivity index (χ3n) is 3.48. The predicted molar refractivity (Wildman–Crippen MR) is 86.0 cm³/mol. The molecular weight excluding hydrogens is 318 g/mol. The number of hydrogen-bond donors (Lipinski definition) is 1. The van der Waals surface area contributed by atoms with Crippen LogP contribution in [0.1, 0.15) is 18.4 Å². The molecule has 2 rings (SSSR count). The molecule has 0 heterocycles. The van der Waals surface area contributed by atoms with Gasteiger partial charge in [-0.25, -0.2) is 0 Å². The number of rotatable bonds is 6. The molecule has 1 aromatic rings. The largest absolute Gasteiger partial charge is 0.365 e. The van der Waals surface area contributed by atoms with Gasteiger partial charge in [0.05, 0.1) is 6.54 Å². The van der Waals surface area contributed by atoms with Crippen LogP contribution in [0.5, 0.6) is 0 Å². The van der Waals surface area contributed by atoms with E-state index >= 15 is 0 Å². The van der Waals surface area contributed by atoms with Gasteiger partial charge in [0.15, 0.2) is 0 Å². The summed E-state index contributed by atoms with van der Waals surface area (Å²) in [5.74, 6) is 0.108. The van der Waals surface area contributed by atoms with Crippen LogP contribution >= 0.6 is 15.9 Å². The van der Waals surface area contributed by atoms with Crippen molar-refractivity contribution in [1.82, 2.24) is 10.2 Å². The van der Waals surface area contributed by atoms with Gasteiger partial charge in [-0.2, -0.15) is 0 Å². The van der Waals surface area contributed by atoms with Crippen LogP contribution in [0.4, 0.5) is 5.69 Å². The molecule has 0 atom stereocenters. The highest BCUT2D eigenvalue weighted by Gasteiger charge is 2.21. The van der Waals surface area contributed by atoms with E-state index in [9.17, 15) is 4.79 Å². The molecule has 0 spiro atoms. The van der Waals surface area contributed by atoms with Crippen molar-refractivity contribution in [2.24, 2.45) is 0 Å². The summed E-state index contributed by atoms with van der Waals surface area (Å²) >= 11 is 3.52. The maximum Gasteiger partial charge on any atom is 0.241 e. The van der Waals surface area contributed by atoms with Crippen molar-refractivity contribution in [3.05, 3.63) is 28.2 Å². The number of carbonyl (C=O) groups is 1. The highest BCUT2D eigenvalue weighted by atomic mass is 79.9. The third kappa shape index (κ3) is 4.21. The zero-order valence-electron chi connectivity index (χ0n) is 12.3. The molecule has 1 aromatic carbocycles. The Labute approximate surface area is 129 Å². The van der Waals surface area contributed by atoms with E-state index in [0.29, 0.717) is 12.6 Å². The highest BCUT2D eigenvalue weighted by molar-refractivity contribution is 9.10. The second-order valence-electron chi connectivity index (χ2n) is 5.57. The van der Waals surface area contributed by atoms with Gasteiger partial charge in [0.25, 0.3) is 0 Å². The van der Waals surface area contributed by atoms with Crippen LogP contribution in [-0.2, 0) is 11.3 Å². The first-order chi connectivity index (χ1) is 9.47. The Kier molecular flexibility index (Phi) is 5.05. The van der Waals surface area contributed by atoms with Crippen LogP contribution in [0.2, 0.25) is 0 Å². The number of nitrogens with one attached hydrogen (secondary N) is 1. The molecule has 1 amide bonds. The average Bonchev–Trinajstić information content (AvgIpc) is 3.20. The van der Waals surface area contributed by atoms with E-state index in [1.54, 1.807) is 19.0 Å². The Morgan fingerprint density at radius 2 is 2.05 bits per heavy atom. The molecule has 0 bridgehead atoms. The Balaban J connectivity index is 2.09. The second-order valence-corrected chi connectivity index (χ2v) is 6.49. The number of nitrogens with zero attached hydrogens (tertiary/aromatic N) is 2. The van der Waals surface area contributed by atoms with E-state index in [2.05, 4.69) is 33.4 Å². The van der Waals surface area contributed by atoms with Gasteiger partial charge in [0.2, 0.25) is 5.91 Å². The van der Waals surface area contributed by atoms with Crippen molar-refractivity contribution in [2.45, 2.75) is 25.4 Å². The number of benzene rings is 1. The van der Waals surface area contributed by atoms with E-state index in [1.165, 1.54) is 18.4 Å². The Morgan fingerprint density at radius 3 is 2.65 bits per heavy atom. The normalized spacial score (nSPS) is 14.2. The Morgan fingerprint density at radius 1 is 1.35 bits per heavy atom. The van der Waals surface area contributed by atoms with Crippen molar-refractivity contribution >= 4 is 27.5 Å². The molecule has 0 aromatic heterocycles. The van der Waals surface area contributed by atoms with Crippen molar-refractivity contribution < 1.29 is 4.79 Å². The molecule has 1 saturated carbocycles. The van der Waals surface area contributed by atoms with E-state index in [-0.39, 0.29) is 5.91 Å². The van der Waals surface area contributed by atoms with E-state index in [0.717, 1.165) is 16.7 Å². The Hall–Kier alpha value is -1.07. The Bertz CT molecular complexity index is 486. The molecule has 0 aliphatic heterocycles. The molecule has 1 aliphatic carbocycles. The number of halogens is 1. The minimum Gasteiger partial charge on any atom is -0.365 e. The van der Waals surface area contributed by atoms with Gasteiger partial charge < -0.3 is 15.1 Å². The molecule has 0 unspecified atom stereocenters. The molecule has 0 radical (unpaired) electrons. The first kappa shape index (κ1) is 15.3. The molecule has 5 heteroatoms. The van der Waals surface area contributed by atoms with Gasteiger partial charge in [0.1, 0.15) is 0 Å². The molecule has 4 nitrogen and oxygen atoms in total. The average molecular weight is 340 g/mol. The van der Waals surface area contributed by atoms with E-state index in [1.807, 2.05) is 18.0 Å². The molecule has 110 valence electrons. The van der Waals surface area contributed by atoms with Crippen molar-refractivity contribution in [1.29, 1.82) is 0 Å². The highest BCUT2D eigenvalue weighted by Crippen LogP contribution is 2.26. The fourth-order valence-electron chi connectivity index (χ4n) is 2.04. The first-order valence-electron chi connectivity index (χ1n) is 6.90. The lowest BCUT2D eigenvalue weighted by molar-refractivity contribution is -0.127. The number of hydrogen-bond acceptors (Lipinski definition) is 3. The number of likely N-dealkylation sites (N-methyl/N-ethyl adjacent to an activating group) is 2. The SMILES string of the molecule is CN(C)C(=O)CN(C)c1ccc(Br)cc1CNC1CC1. The van der Waals surface area contributed by atoms with Crippen LogP contribution in [0.3, 0.4) is 0 Å². The molecule has 1 aliphatic rings. The number of anilines is 1. The lowest BCUT2D eigenvalue weighted by Crippen LogP contribution is -2.35. The van der Waals surface area contributed by atoms with Gasteiger partial charge in [-0.05, 0) is 36.6 Å².